The SMILES string of the molecule is [2H]C([2H])([2H])C(C)(c1ccc2c(n1)oc1c(-c3c(-c4ccc(F)cc4)ccc[n+]3C)c(C)ccc12)C([2H])([2H])[2H].[2H]C([2H])([2H])C(C)(c1ccc2c(n1)oc1c(-c3cc(-c4ccc(F)cc4)cc[n+]3C)c(C)ccc12)C([2H])([2H])[2H].[2H]C([2H])([2H])C(C)(c1ccc2c(n1)oc1c(-c3ccc(-c4ccc(F)cc4)c[n+]3C)c(C)ccc12)C([2H])([2H])[2H]. The van der Waals surface area contributed by atoms with Crippen molar-refractivity contribution in [3.8, 4) is 67.2 Å². The minimum Gasteiger partial charge on any atom is -0.437 e. The van der Waals surface area contributed by atoms with E-state index in [1.807, 2.05) is 147 Å². The summed E-state index contributed by atoms with van der Waals surface area (Å²) < 4.78 is 209. The van der Waals surface area contributed by atoms with Crippen LogP contribution in [0.25, 0.3) is 133 Å². The molecule has 9 aromatic heterocycles. The molecule has 480 valence electrons. The number of aryl methyl sites for hydroxylation is 6. The van der Waals surface area contributed by atoms with E-state index < -0.39 is 57.4 Å². The van der Waals surface area contributed by atoms with Crippen LogP contribution in [0, 0.1) is 38.2 Å². The molecular weight excluding hydrogens is 1200 g/mol. The van der Waals surface area contributed by atoms with Gasteiger partial charge in [-0.15, -0.1) is 0 Å². The fraction of sp³-hybridized carbons (Fsp3) is 0.214. The summed E-state index contributed by atoms with van der Waals surface area (Å²) >= 11 is 0. The summed E-state index contributed by atoms with van der Waals surface area (Å²) in [6.45, 7) is -7.44. The van der Waals surface area contributed by atoms with Gasteiger partial charge < -0.3 is 13.3 Å². The molecule has 0 bridgehead atoms. The highest BCUT2D eigenvalue weighted by molar-refractivity contribution is 6.11. The Balaban J connectivity index is 0.000000149. The fourth-order valence-electron chi connectivity index (χ4n) is 12.3. The molecular formula is C84H78F3N6O3+3. The molecule has 96 heavy (non-hydrogen) atoms. The van der Waals surface area contributed by atoms with Gasteiger partial charge in [-0.25, -0.2) is 41.8 Å². The molecule has 15 rings (SSSR count). The first kappa shape index (κ1) is 45.7. The number of furan rings is 3. The average molecular weight is 1290 g/mol. The maximum atomic E-state index is 13.7. The zero-order chi connectivity index (χ0) is 82.9. The maximum Gasteiger partial charge on any atom is 0.227 e. The number of rotatable bonds is 6. The largest absolute Gasteiger partial charge is 0.437 e. The molecule has 0 amide bonds. The van der Waals surface area contributed by atoms with Crippen molar-refractivity contribution < 1.29 is 64.8 Å². The van der Waals surface area contributed by atoms with E-state index in [4.69, 9.17) is 37.9 Å². The number of aromatic nitrogens is 6. The minimum absolute atomic E-state index is 0.0727. The van der Waals surface area contributed by atoms with Gasteiger partial charge in [0.15, 0.2) is 35.3 Å². The zero-order valence-electron chi connectivity index (χ0n) is 72.1. The highest BCUT2D eigenvalue weighted by Gasteiger charge is 2.29. The Morgan fingerprint density at radius 1 is 0.365 bits per heavy atom. The Morgan fingerprint density at radius 3 is 1.19 bits per heavy atom. The lowest BCUT2D eigenvalue weighted by Gasteiger charge is -2.16. The number of fused-ring (bicyclic) bond motifs is 9. The summed E-state index contributed by atoms with van der Waals surface area (Å²) in [5.74, 6) is -0.927. The van der Waals surface area contributed by atoms with E-state index >= 15 is 0 Å². The molecule has 9 heterocycles. The lowest BCUT2D eigenvalue weighted by atomic mass is 9.91. The van der Waals surface area contributed by atoms with Gasteiger partial charge in [-0.2, -0.15) is 0 Å². The van der Waals surface area contributed by atoms with Gasteiger partial charge in [0.05, 0.1) is 22.3 Å². The van der Waals surface area contributed by atoms with Crippen molar-refractivity contribution >= 4 is 66.2 Å². The second-order valence-corrected chi connectivity index (χ2v) is 25.0. The van der Waals surface area contributed by atoms with Crippen LogP contribution >= 0.6 is 0 Å². The van der Waals surface area contributed by atoms with Crippen molar-refractivity contribution in [1.29, 1.82) is 0 Å². The van der Waals surface area contributed by atoms with Crippen molar-refractivity contribution in [2.45, 2.75) is 98.9 Å². The van der Waals surface area contributed by atoms with Gasteiger partial charge >= 0.3 is 0 Å². The first-order valence-electron chi connectivity index (χ1n) is 40.0. The topological polar surface area (TPSA) is 89.7 Å². The van der Waals surface area contributed by atoms with E-state index in [2.05, 4.69) is 15.0 Å². The highest BCUT2D eigenvalue weighted by Crippen LogP contribution is 2.43. The summed E-state index contributed by atoms with van der Waals surface area (Å²) in [4.78, 5) is 13.3. The van der Waals surface area contributed by atoms with Crippen LogP contribution in [0.5, 0.6) is 0 Å². The Bertz CT molecular complexity index is 6220. The van der Waals surface area contributed by atoms with Crippen LogP contribution < -0.4 is 13.7 Å². The standard InChI is InChI=1S/3C28H26FN2O/c1-17-6-12-21-22-13-15-24(28(2,3)4)30-27(22)32-26(21)25(17)23-14-9-19(16-31(23)5)18-7-10-20(29)11-8-18;1-17-6-11-21-22-12-13-24(28(2,3)4)30-27(22)32-26(21)25(17)23-16-19(14-15-31(23)5)18-7-9-20(29)10-8-18;1-17-8-13-21-22-14-15-23(28(2,3)4)30-27(22)32-26(21)24(17)25-20(7-6-16-31(25)5)18-9-11-19(29)12-10-18/h3*6-16H,1-5H3/q3*+1/i3*2D3,3D3. The van der Waals surface area contributed by atoms with E-state index in [9.17, 15) is 13.2 Å². The van der Waals surface area contributed by atoms with E-state index in [0.717, 1.165) is 100 Å². The number of pyridine rings is 6. The Labute approximate surface area is 583 Å². The molecule has 0 aliphatic heterocycles. The van der Waals surface area contributed by atoms with Crippen LogP contribution in [0.1, 0.15) is 120 Å². The third kappa shape index (κ3) is 12.2. The molecule has 0 atom stereocenters. The van der Waals surface area contributed by atoms with Gasteiger partial charge in [-0.3, -0.25) is 0 Å². The molecule has 0 spiro atoms. The van der Waals surface area contributed by atoms with E-state index in [1.165, 1.54) is 75.4 Å². The number of hydrogen-bond acceptors (Lipinski definition) is 6. The number of halogens is 3. The van der Waals surface area contributed by atoms with Gasteiger partial charge in [0.1, 0.15) is 38.6 Å². The molecule has 0 fully saturated rings. The molecule has 0 aliphatic rings. The van der Waals surface area contributed by atoms with E-state index in [0.29, 0.717) is 32.9 Å². The third-order valence-corrected chi connectivity index (χ3v) is 17.4. The predicted molar refractivity (Wildman–Crippen MR) is 381 cm³/mol. The molecule has 6 aromatic carbocycles. The lowest BCUT2D eigenvalue weighted by Crippen LogP contribution is -2.31. The summed E-state index contributed by atoms with van der Waals surface area (Å²) in [5.41, 5.74) is 8.52. The Hall–Kier alpha value is -10.6. The van der Waals surface area contributed by atoms with E-state index in [1.54, 1.807) is 54.6 Å². The van der Waals surface area contributed by atoms with Gasteiger partial charge in [-0.05, 0) is 145 Å². The monoisotopic (exact) mass is 1290 g/mol. The van der Waals surface area contributed by atoms with Gasteiger partial charge in [-0.1, -0.05) is 135 Å². The first-order valence-corrected chi connectivity index (χ1v) is 31.0. The molecule has 0 saturated carbocycles. The van der Waals surface area contributed by atoms with Crippen molar-refractivity contribution in [3.05, 3.63) is 252 Å². The molecule has 15 aromatic rings. The molecule has 9 nitrogen and oxygen atoms in total. The molecule has 0 radical (unpaired) electrons. The van der Waals surface area contributed by atoms with Crippen molar-refractivity contribution in [1.82, 2.24) is 15.0 Å². The van der Waals surface area contributed by atoms with Crippen LogP contribution in [0.15, 0.2) is 214 Å². The summed E-state index contributed by atoms with van der Waals surface area (Å²) in [7, 11) is 5.74. The molecule has 0 saturated heterocycles. The second kappa shape index (κ2) is 24.6. The van der Waals surface area contributed by atoms with E-state index in [-0.39, 0.29) is 51.7 Å². The smallest absolute Gasteiger partial charge is 0.227 e. The summed E-state index contributed by atoms with van der Waals surface area (Å²) in [5, 5.41) is 4.28. The number of hydrogen-bond donors (Lipinski definition) is 0. The number of benzene rings is 6. The fourth-order valence-corrected chi connectivity index (χ4v) is 12.3. The Morgan fingerprint density at radius 2 is 0.750 bits per heavy atom. The maximum absolute atomic E-state index is 13.7. The van der Waals surface area contributed by atoms with Crippen LogP contribution in [-0.4, -0.2) is 15.0 Å². The molecule has 12 heteroatoms. The first-order chi connectivity index (χ1) is 53.2. The lowest BCUT2D eigenvalue weighted by molar-refractivity contribution is -0.660. The van der Waals surface area contributed by atoms with Gasteiger partial charge in [0, 0.05) is 120 Å². The van der Waals surface area contributed by atoms with Crippen molar-refractivity contribution in [3.63, 3.8) is 0 Å². The minimum atomic E-state index is -2.82. The second-order valence-electron chi connectivity index (χ2n) is 25.0. The Kier molecular flexibility index (Phi) is 11.7. The molecule has 0 aliphatic carbocycles. The quantitative estimate of drug-likeness (QED) is 0.154. The van der Waals surface area contributed by atoms with Crippen molar-refractivity contribution in [2.75, 3.05) is 0 Å². The zero-order valence-corrected chi connectivity index (χ0v) is 54.1. The van der Waals surface area contributed by atoms with Crippen molar-refractivity contribution in [2.24, 2.45) is 21.1 Å². The van der Waals surface area contributed by atoms with Crippen LogP contribution in [0.2, 0.25) is 0 Å². The predicted octanol–water partition coefficient (Wildman–Crippen LogP) is 20.7. The molecule has 0 N–H and O–H groups in total. The average Bonchev–Trinajstić information content (AvgIpc) is 1.60. The van der Waals surface area contributed by atoms with Gasteiger partial charge in [0.25, 0.3) is 0 Å². The van der Waals surface area contributed by atoms with Crippen LogP contribution in [0.4, 0.5) is 13.2 Å². The molecule has 0 unspecified atom stereocenters. The normalized spacial score (nSPS) is 15.6. The van der Waals surface area contributed by atoms with Crippen LogP contribution in [0.3, 0.4) is 0 Å². The third-order valence-electron chi connectivity index (χ3n) is 17.4. The van der Waals surface area contributed by atoms with Gasteiger partial charge in [0.2, 0.25) is 34.2 Å². The number of nitrogens with zero attached hydrogens (tertiary/aromatic N) is 6. The summed E-state index contributed by atoms with van der Waals surface area (Å²) in [6, 6.07) is 51.7. The summed E-state index contributed by atoms with van der Waals surface area (Å²) in [6.07, 6.45) is 5.79. The highest BCUT2D eigenvalue weighted by atomic mass is 19.1. The van der Waals surface area contributed by atoms with Crippen LogP contribution in [-0.2, 0) is 37.4 Å².